The maximum Gasteiger partial charge on any atom is 0.408 e. The van der Waals surface area contributed by atoms with E-state index in [1.165, 1.54) is 0 Å². The number of halogens is 1. The minimum absolute atomic E-state index is 0.189. The quantitative estimate of drug-likeness (QED) is 0.826. The van der Waals surface area contributed by atoms with Crippen LogP contribution in [0.25, 0.3) is 0 Å². The zero-order valence-corrected chi connectivity index (χ0v) is 12.3. The molecule has 1 aromatic rings. The van der Waals surface area contributed by atoms with Gasteiger partial charge in [0.05, 0.1) is 6.04 Å². The molecule has 0 bridgehead atoms. The number of alkyl carbamates (subject to hydrolysis) is 1. The van der Waals surface area contributed by atoms with Gasteiger partial charge in [0.15, 0.2) is 0 Å². The first-order valence-electron chi connectivity index (χ1n) is 6.17. The van der Waals surface area contributed by atoms with E-state index in [0.717, 1.165) is 5.56 Å². The number of carbonyl (C=O) groups is 1. The maximum absolute atomic E-state index is 11.8. The van der Waals surface area contributed by atoms with Crippen molar-refractivity contribution in [2.75, 3.05) is 0 Å². The topological polar surface area (TPSA) is 38.3 Å². The number of hydrogen-bond donors (Lipinski definition) is 1. The molecule has 0 aliphatic carbocycles. The van der Waals surface area contributed by atoms with Crippen molar-refractivity contribution < 1.29 is 9.53 Å². The molecule has 0 saturated carbocycles. The Hall–Kier alpha value is -1.48. The average Bonchev–Trinajstić information content (AvgIpc) is 2.26. The molecule has 1 amide bonds. The van der Waals surface area contributed by atoms with E-state index in [0.29, 0.717) is 11.4 Å². The van der Waals surface area contributed by atoms with Crippen LogP contribution in [0.3, 0.4) is 0 Å². The van der Waals surface area contributed by atoms with Crippen molar-refractivity contribution in [2.45, 2.75) is 38.8 Å². The Morgan fingerprint density at radius 1 is 1.53 bits per heavy atom. The molecule has 1 N–H and O–H groups in total. The van der Waals surface area contributed by atoms with Crippen LogP contribution in [0, 0.1) is 0 Å². The molecular formula is C15H20ClNO2. The van der Waals surface area contributed by atoms with Crippen molar-refractivity contribution in [3.8, 4) is 0 Å². The molecule has 0 heterocycles. The van der Waals surface area contributed by atoms with Crippen LogP contribution in [0.2, 0.25) is 5.02 Å². The summed E-state index contributed by atoms with van der Waals surface area (Å²) in [5.74, 6) is 0. The fourth-order valence-electron chi connectivity index (χ4n) is 1.62. The molecule has 1 rings (SSSR count). The van der Waals surface area contributed by atoms with Gasteiger partial charge in [-0.3, -0.25) is 0 Å². The summed E-state index contributed by atoms with van der Waals surface area (Å²) < 4.78 is 5.25. The summed E-state index contributed by atoms with van der Waals surface area (Å²) in [6, 6.07) is 7.20. The zero-order chi connectivity index (χ0) is 14.5. The Kier molecular flexibility index (Phi) is 5.43. The number of amides is 1. The molecule has 3 nitrogen and oxygen atoms in total. The van der Waals surface area contributed by atoms with Crippen LogP contribution in [-0.4, -0.2) is 11.7 Å². The first-order chi connectivity index (χ1) is 8.81. The summed E-state index contributed by atoms with van der Waals surface area (Å²) >= 11 is 5.96. The molecule has 0 saturated heterocycles. The Bertz CT molecular complexity index is 452. The van der Waals surface area contributed by atoms with Gasteiger partial charge in [-0.15, -0.1) is 6.58 Å². The van der Waals surface area contributed by atoms with Crippen LogP contribution < -0.4 is 5.32 Å². The number of carbonyl (C=O) groups excluding carboxylic acids is 1. The minimum Gasteiger partial charge on any atom is -0.444 e. The normalized spacial score (nSPS) is 12.6. The van der Waals surface area contributed by atoms with Crippen molar-refractivity contribution >= 4 is 17.7 Å². The predicted molar refractivity (Wildman–Crippen MR) is 78.4 cm³/mol. The molecule has 0 aromatic heterocycles. The summed E-state index contributed by atoms with van der Waals surface area (Å²) in [5, 5.41) is 3.46. The van der Waals surface area contributed by atoms with E-state index < -0.39 is 11.7 Å². The maximum atomic E-state index is 11.8. The van der Waals surface area contributed by atoms with Gasteiger partial charge >= 0.3 is 6.09 Å². The van der Waals surface area contributed by atoms with Gasteiger partial charge in [-0.1, -0.05) is 29.8 Å². The monoisotopic (exact) mass is 281 g/mol. The average molecular weight is 282 g/mol. The highest BCUT2D eigenvalue weighted by molar-refractivity contribution is 6.30. The van der Waals surface area contributed by atoms with Gasteiger partial charge < -0.3 is 10.1 Å². The third kappa shape index (κ3) is 5.79. The van der Waals surface area contributed by atoms with Gasteiger partial charge in [0.25, 0.3) is 0 Å². The van der Waals surface area contributed by atoms with E-state index in [2.05, 4.69) is 11.9 Å². The van der Waals surface area contributed by atoms with Crippen LogP contribution in [0.15, 0.2) is 36.9 Å². The largest absolute Gasteiger partial charge is 0.444 e. The van der Waals surface area contributed by atoms with Crippen LogP contribution in [0.5, 0.6) is 0 Å². The first-order valence-corrected chi connectivity index (χ1v) is 6.55. The lowest BCUT2D eigenvalue weighted by Gasteiger charge is -2.23. The molecule has 19 heavy (non-hydrogen) atoms. The molecule has 1 aromatic carbocycles. The van der Waals surface area contributed by atoms with E-state index in [4.69, 9.17) is 16.3 Å². The fraction of sp³-hybridized carbons (Fsp3) is 0.400. The van der Waals surface area contributed by atoms with Crippen LogP contribution in [-0.2, 0) is 4.74 Å². The molecule has 4 heteroatoms. The minimum atomic E-state index is -0.517. The zero-order valence-electron chi connectivity index (χ0n) is 11.6. The summed E-state index contributed by atoms with van der Waals surface area (Å²) in [4.78, 5) is 11.8. The SMILES string of the molecule is C=CC[C@@H](NC(=O)OC(C)(C)C)c1cccc(Cl)c1. The second-order valence-corrected chi connectivity index (χ2v) is 5.71. The van der Waals surface area contributed by atoms with Gasteiger partial charge in [-0.2, -0.15) is 0 Å². The molecule has 1 atom stereocenters. The second kappa shape index (κ2) is 6.62. The number of nitrogens with one attached hydrogen (secondary N) is 1. The van der Waals surface area contributed by atoms with E-state index in [1.54, 1.807) is 12.1 Å². The van der Waals surface area contributed by atoms with Gasteiger partial charge in [0, 0.05) is 5.02 Å². The number of hydrogen-bond acceptors (Lipinski definition) is 2. The Labute approximate surface area is 119 Å². The predicted octanol–water partition coefficient (Wildman–Crippen LogP) is 4.48. The van der Waals surface area contributed by atoms with Crippen molar-refractivity contribution in [1.82, 2.24) is 5.32 Å². The first kappa shape index (κ1) is 15.6. The van der Waals surface area contributed by atoms with Crippen LogP contribution >= 0.6 is 11.6 Å². The molecule has 104 valence electrons. The van der Waals surface area contributed by atoms with Gasteiger partial charge in [-0.05, 0) is 44.9 Å². The van der Waals surface area contributed by atoms with Gasteiger partial charge in [0.2, 0.25) is 0 Å². The number of rotatable bonds is 4. The Morgan fingerprint density at radius 2 is 2.21 bits per heavy atom. The van der Waals surface area contributed by atoms with Crippen molar-refractivity contribution in [1.29, 1.82) is 0 Å². The molecule has 0 spiro atoms. The fourth-order valence-corrected chi connectivity index (χ4v) is 1.82. The van der Waals surface area contributed by atoms with E-state index in [1.807, 2.05) is 39.0 Å². The third-order valence-electron chi connectivity index (χ3n) is 2.34. The summed E-state index contributed by atoms with van der Waals surface area (Å²) in [6.45, 7) is 9.19. The third-order valence-corrected chi connectivity index (χ3v) is 2.58. The van der Waals surface area contributed by atoms with E-state index in [9.17, 15) is 4.79 Å². The highest BCUT2D eigenvalue weighted by atomic mass is 35.5. The van der Waals surface area contributed by atoms with Crippen molar-refractivity contribution in [3.63, 3.8) is 0 Å². The molecular weight excluding hydrogens is 262 g/mol. The second-order valence-electron chi connectivity index (χ2n) is 5.28. The van der Waals surface area contributed by atoms with Crippen LogP contribution in [0.4, 0.5) is 4.79 Å². The van der Waals surface area contributed by atoms with Crippen LogP contribution in [0.1, 0.15) is 38.8 Å². The van der Waals surface area contributed by atoms with Gasteiger partial charge in [0.1, 0.15) is 5.60 Å². The molecule has 0 fully saturated rings. The molecule has 0 aliphatic heterocycles. The number of ether oxygens (including phenoxy) is 1. The van der Waals surface area contributed by atoms with E-state index in [-0.39, 0.29) is 6.04 Å². The summed E-state index contributed by atoms with van der Waals surface area (Å²) in [5.41, 5.74) is 0.412. The smallest absolute Gasteiger partial charge is 0.408 e. The standard InChI is InChI=1S/C15H20ClNO2/c1-5-7-13(11-8-6-9-12(16)10-11)17-14(18)19-15(2,3)4/h5-6,8-10,13H,1,7H2,2-4H3,(H,17,18)/t13-/m1/s1. The highest BCUT2D eigenvalue weighted by Gasteiger charge is 2.19. The Balaban J connectivity index is 2.78. The summed E-state index contributed by atoms with van der Waals surface area (Å²) in [6.07, 6.45) is 1.92. The lowest BCUT2D eigenvalue weighted by atomic mass is 10.0. The lowest BCUT2D eigenvalue weighted by molar-refractivity contribution is 0.0504. The van der Waals surface area contributed by atoms with Gasteiger partial charge in [-0.25, -0.2) is 4.79 Å². The van der Waals surface area contributed by atoms with E-state index >= 15 is 0 Å². The molecule has 0 radical (unpaired) electrons. The lowest BCUT2D eigenvalue weighted by Crippen LogP contribution is -2.34. The van der Waals surface area contributed by atoms with Crippen molar-refractivity contribution in [3.05, 3.63) is 47.5 Å². The number of benzene rings is 1. The van der Waals surface area contributed by atoms with Crippen molar-refractivity contribution in [2.24, 2.45) is 0 Å². The molecule has 0 unspecified atom stereocenters. The molecule has 0 aliphatic rings. The Morgan fingerprint density at radius 3 is 2.74 bits per heavy atom. The highest BCUT2D eigenvalue weighted by Crippen LogP contribution is 2.21. The summed E-state index contributed by atoms with van der Waals surface area (Å²) in [7, 11) is 0.